The minimum absolute atomic E-state index is 0.00577. The molecular weight excluding hydrogens is 462 g/mol. The van der Waals surface area contributed by atoms with Gasteiger partial charge in [-0.3, -0.25) is 14.4 Å². The molecule has 3 rings (SSSR count). The molecule has 0 fully saturated rings. The number of rotatable bonds is 12. The first-order valence-electron chi connectivity index (χ1n) is 12.5. The molecule has 1 aliphatic heterocycles. The molecule has 1 aromatic carbocycles. The van der Waals surface area contributed by atoms with Gasteiger partial charge in [-0.1, -0.05) is 6.42 Å². The summed E-state index contributed by atoms with van der Waals surface area (Å²) in [5.41, 5.74) is 4.49. The molecule has 1 aromatic rings. The second-order valence-corrected chi connectivity index (χ2v) is 9.62. The molecule has 0 bridgehead atoms. The molecule has 36 heavy (non-hydrogen) atoms. The number of nitrogens with two attached hydrogens (primary N) is 1. The largest absolute Gasteiger partial charge is 0.507 e. The third-order valence-electron chi connectivity index (χ3n) is 6.99. The summed E-state index contributed by atoms with van der Waals surface area (Å²) in [6.07, 6.45) is 6.23. The molecule has 0 unspecified atom stereocenters. The van der Waals surface area contributed by atoms with Crippen molar-refractivity contribution in [2.75, 3.05) is 26.2 Å². The van der Waals surface area contributed by atoms with Crippen molar-refractivity contribution in [3.05, 3.63) is 39.8 Å². The molecule has 6 N–H and O–H groups in total. The smallest absolute Gasteiger partial charge is 0.194 e. The van der Waals surface area contributed by atoms with E-state index >= 15 is 0 Å². The Labute approximate surface area is 211 Å². The number of nitrogens with one attached hydrogen (secondary N) is 2. The summed E-state index contributed by atoms with van der Waals surface area (Å²) in [7, 11) is 0. The number of phenols is 2. The van der Waals surface area contributed by atoms with Crippen LogP contribution in [-0.4, -0.2) is 53.7 Å². The number of carbonyl (C=O) groups is 3. The minimum atomic E-state index is -1.50. The number of aromatic hydroxyl groups is 2. The number of allylic oxidation sites excluding steroid dienone is 4. The van der Waals surface area contributed by atoms with Gasteiger partial charge in [0.25, 0.3) is 0 Å². The lowest BCUT2D eigenvalue weighted by Gasteiger charge is -2.29. The van der Waals surface area contributed by atoms with Crippen LogP contribution in [0, 0.1) is 6.92 Å². The summed E-state index contributed by atoms with van der Waals surface area (Å²) in [5, 5.41) is 27.9. The number of ketones is 3. The van der Waals surface area contributed by atoms with Crippen LogP contribution in [0.4, 0.5) is 0 Å². The summed E-state index contributed by atoms with van der Waals surface area (Å²) in [5.74, 6) is -2.29. The van der Waals surface area contributed by atoms with E-state index in [1.165, 1.54) is 19.9 Å². The number of phenolic OH excluding ortho intramolecular Hbond substituents is 2. The maximum atomic E-state index is 13.7. The third-order valence-corrected chi connectivity index (χ3v) is 6.99. The van der Waals surface area contributed by atoms with Crippen molar-refractivity contribution in [1.82, 2.24) is 10.6 Å². The number of unbranched alkanes of at least 4 members (excludes halogenated alkanes) is 3. The highest BCUT2D eigenvalue weighted by molar-refractivity contribution is 6.31. The Hall–Kier alpha value is -3.17. The van der Waals surface area contributed by atoms with Crippen LogP contribution in [0.3, 0.4) is 0 Å². The van der Waals surface area contributed by atoms with Crippen molar-refractivity contribution in [2.24, 2.45) is 5.73 Å². The molecule has 0 saturated carbocycles. The van der Waals surface area contributed by atoms with E-state index in [0.717, 1.165) is 45.2 Å². The Morgan fingerprint density at radius 1 is 1.03 bits per heavy atom. The molecule has 1 atom stereocenters. The van der Waals surface area contributed by atoms with E-state index in [-0.39, 0.29) is 39.5 Å². The number of Topliss-reactive ketones (excluding diaryl/α,β-unsaturated/α-hetero) is 2. The molecule has 2 aliphatic rings. The summed E-state index contributed by atoms with van der Waals surface area (Å²) in [6.45, 7) is 9.20. The Bertz CT molecular complexity index is 1140. The summed E-state index contributed by atoms with van der Waals surface area (Å²) in [4.78, 5) is 38.9. The number of ether oxygens (including phenoxy) is 1. The molecule has 1 heterocycles. The number of hydrogen-bond donors (Lipinski definition) is 5. The van der Waals surface area contributed by atoms with Crippen molar-refractivity contribution in [3.8, 4) is 17.2 Å². The van der Waals surface area contributed by atoms with E-state index in [1.54, 1.807) is 13.8 Å². The quantitative estimate of drug-likeness (QED) is 0.126. The number of fused-ring (bicyclic) bond motifs is 3. The maximum absolute atomic E-state index is 13.7. The van der Waals surface area contributed by atoms with Crippen LogP contribution in [0.2, 0.25) is 0 Å². The third kappa shape index (κ3) is 4.90. The zero-order valence-corrected chi connectivity index (χ0v) is 21.5. The van der Waals surface area contributed by atoms with Crippen LogP contribution in [0.15, 0.2) is 23.1 Å². The van der Waals surface area contributed by atoms with Crippen molar-refractivity contribution in [1.29, 1.82) is 0 Å². The lowest BCUT2D eigenvalue weighted by molar-refractivity contribution is -0.123. The number of carbonyl (C=O) groups excluding carboxylic acids is 3. The molecule has 9 nitrogen and oxygen atoms in total. The fourth-order valence-corrected chi connectivity index (χ4v) is 4.80. The van der Waals surface area contributed by atoms with Crippen molar-refractivity contribution < 1.29 is 29.3 Å². The molecular formula is C27H37N3O6. The number of hydrogen-bond acceptors (Lipinski definition) is 9. The predicted molar refractivity (Wildman–Crippen MR) is 136 cm³/mol. The topological polar surface area (TPSA) is 151 Å². The van der Waals surface area contributed by atoms with Gasteiger partial charge in [0.05, 0.1) is 11.1 Å². The van der Waals surface area contributed by atoms with Gasteiger partial charge in [0.15, 0.2) is 17.3 Å². The Kier molecular flexibility index (Phi) is 8.58. The van der Waals surface area contributed by atoms with Gasteiger partial charge in [-0.25, -0.2) is 0 Å². The van der Waals surface area contributed by atoms with E-state index in [2.05, 4.69) is 10.6 Å². The SMILES string of the molecule is CC(=O)c1c(O)c(C)c(O)c2c1OC1=CC(=O)/C(=C(/C)NCCCCCNCCCCN)C(=O)[C@@]12C. The van der Waals surface area contributed by atoms with Crippen LogP contribution < -0.4 is 21.1 Å². The van der Waals surface area contributed by atoms with Gasteiger partial charge in [-0.15, -0.1) is 0 Å². The van der Waals surface area contributed by atoms with Gasteiger partial charge in [-0.2, -0.15) is 0 Å². The van der Waals surface area contributed by atoms with Crippen LogP contribution in [0.5, 0.6) is 17.2 Å². The lowest BCUT2D eigenvalue weighted by Crippen LogP contribution is -2.41. The van der Waals surface area contributed by atoms with E-state index in [4.69, 9.17) is 10.5 Å². The molecule has 0 aromatic heterocycles. The first-order chi connectivity index (χ1) is 17.1. The van der Waals surface area contributed by atoms with Gasteiger partial charge in [0.1, 0.15) is 34.0 Å². The molecule has 0 spiro atoms. The highest BCUT2D eigenvalue weighted by Crippen LogP contribution is 2.57. The van der Waals surface area contributed by atoms with E-state index in [1.807, 2.05) is 0 Å². The standard InChI is InChI=1S/C27H37N3O6/c1-15-23(33)21(17(3)31)25-22(24(15)34)27(4)19(36-25)14-18(32)20(26(27)35)16(2)30-13-8-5-7-11-29-12-9-6-10-28/h14,29-30,33-34H,5-13,28H2,1-4H3/b20-16+/t27-/m0/s1. The Morgan fingerprint density at radius 2 is 1.67 bits per heavy atom. The zero-order chi connectivity index (χ0) is 26.6. The lowest BCUT2D eigenvalue weighted by atomic mass is 9.70. The average Bonchev–Trinajstić information content (AvgIpc) is 3.11. The van der Waals surface area contributed by atoms with Crippen LogP contribution in [0.25, 0.3) is 0 Å². The van der Waals surface area contributed by atoms with Crippen LogP contribution in [0.1, 0.15) is 74.4 Å². The first kappa shape index (κ1) is 27.4. The fraction of sp³-hybridized carbons (Fsp3) is 0.519. The molecule has 1 aliphatic carbocycles. The van der Waals surface area contributed by atoms with Crippen LogP contribution in [-0.2, 0) is 15.0 Å². The highest BCUT2D eigenvalue weighted by atomic mass is 16.5. The minimum Gasteiger partial charge on any atom is -0.507 e. The monoisotopic (exact) mass is 499 g/mol. The molecule has 9 heteroatoms. The van der Waals surface area contributed by atoms with Crippen molar-refractivity contribution >= 4 is 17.3 Å². The normalized spacial score (nSPS) is 20.0. The summed E-state index contributed by atoms with van der Waals surface area (Å²) < 4.78 is 5.78. The second kappa shape index (κ2) is 11.3. The van der Waals surface area contributed by atoms with E-state index < -0.39 is 28.5 Å². The van der Waals surface area contributed by atoms with Gasteiger partial charge in [0, 0.05) is 23.9 Å². The van der Waals surface area contributed by atoms with Crippen LogP contribution >= 0.6 is 0 Å². The first-order valence-corrected chi connectivity index (χ1v) is 12.5. The van der Waals surface area contributed by atoms with Gasteiger partial charge < -0.3 is 31.3 Å². The van der Waals surface area contributed by atoms with Crippen molar-refractivity contribution in [3.63, 3.8) is 0 Å². The molecule has 196 valence electrons. The predicted octanol–water partition coefficient (Wildman–Crippen LogP) is 2.66. The maximum Gasteiger partial charge on any atom is 0.194 e. The zero-order valence-electron chi connectivity index (χ0n) is 21.5. The van der Waals surface area contributed by atoms with Gasteiger partial charge >= 0.3 is 0 Å². The Morgan fingerprint density at radius 3 is 2.31 bits per heavy atom. The van der Waals surface area contributed by atoms with Crippen molar-refractivity contribution in [2.45, 2.75) is 65.2 Å². The molecule has 0 radical (unpaired) electrons. The fourth-order valence-electron chi connectivity index (χ4n) is 4.80. The van der Waals surface area contributed by atoms with E-state index in [0.29, 0.717) is 18.8 Å². The van der Waals surface area contributed by atoms with Gasteiger partial charge in [-0.05, 0) is 73.0 Å². The second-order valence-electron chi connectivity index (χ2n) is 9.62. The highest BCUT2D eigenvalue weighted by Gasteiger charge is 2.56. The average molecular weight is 500 g/mol. The summed E-state index contributed by atoms with van der Waals surface area (Å²) in [6, 6.07) is 0. The summed E-state index contributed by atoms with van der Waals surface area (Å²) >= 11 is 0. The Balaban J connectivity index is 1.76. The molecule has 0 amide bonds. The van der Waals surface area contributed by atoms with Gasteiger partial charge in [0.2, 0.25) is 0 Å². The number of benzene rings is 1. The molecule has 0 saturated heterocycles. The van der Waals surface area contributed by atoms with E-state index in [9.17, 15) is 24.6 Å².